The normalized spacial score (nSPS) is 12.3. The van der Waals surface area contributed by atoms with Gasteiger partial charge in [-0.3, -0.25) is 9.69 Å². The van der Waals surface area contributed by atoms with E-state index in [0.717, 1.165) is 17.7 Å². The van der Waals surface area contributed by atoms with E-state index in [4.69, 9.17) is 0 Å². The first-order valence-corrected chi connectivity index (χ1v) is 9.56. The highest BCUT2D eigenvalue weighted by atomic mass is 32.2. The first-order chi connectivity index (χ1) is 12.3. The molecule has 1 unspecified atom stereocenters. The number of benzene rings is 2. The second-order valence-corrected chi connectivity index (χ2v) is 7.25. The van der Waals surface area contributed by atoms with Crippen molar-refractivity contribution >= 4 is 17.7 Å². The van der Waals surface area contributed by atoms with Gasteiger partial charge in [-0.25, -0.2) is 8.78 Å². The molecule has 0 bridgehead atoms. The third-order valence-electron chi connectivity index (χ3n) is 4.42. The average molecular weight is 378 g/mol. The lowest BCUT2D eigenvalue weighted by Crippen LogP contribution is -2.37. The lowest BCUT2D eigenvalue weighted by Gasteiger charge is -2.27. The molecular formula is C20H24F2N2OS. The molecule has 2 aromatic rings. The summed E-state index contributed by atoms with van der Waals surface area (Å²) in [6.07, 6.45) is 2.03. The monoisotopic (exact) mass is 378 g/mol. The molecule has 26 heavy (non-hydrogen) atoms. The zero-order chi connectivity index (χ0) is 19.3. The van der Waals surface area contributed by atoms with Crippen molar-refractivity contribution in [2.24, 2.45) is 0 Å². The van der Waals surface area contributed by atoms with Crippen molar-refractivity contribution < 1.29 is 13.6 Å². The summed E-state index contributed by atoms with van der Waals surface area (Å²) in [5.41, 5.74) is 1.70. The number of amides is 1. The number of rotatable bonds is 7. The van der Waals surface area contributed by atoms with Crippen molar-refractivity contribution in [2.75, 3.05) is 26.9 Å². The molecular weight excluding hydrogens is 354 g/mol. The van der Waals surface area contributed by atoms with E-state index < -0.39 is 11.6 Å². The Morgan fingerprint density at radius 2 is 1.73 bits per heavy atom. The molecule has 2 rings (SSSR count). The standard InChI is InChI=1S/C20H24F2N2OS/c1-14(16-7-10-18(21)19(22)11-16)24(3)20(25)13-23(2)12-15-5-8-17(26-4)9-6-15/h5-11,14H,12-13H2,1-4H3. The summed E-state index contributed by atoms with van der Waals surface area (Å²) in [5, 5.41) is 0. The highest BCUT2D eigenvalue weighted by Gasteiger charge is 2.20. The van der Waals surface area contributed by atoms with E-state index in [1.54, 1.807) is 30.6 Å². The molecule has 0 fully saturated rings. The number of likely N-dealkylation sites (N-methyl/N-ethyl adjacent to an activating group) is 2. The lowest BCUT2D eigenvalue weighted by molar-refractivity contribution is -0.132. The average Bonchev–Trinajstić information content (AvgIpc) is 2.63. The fourth-order valence-electron chi connectivity index (χ4n) is 2.65. The molecule has 0 aliphatic carbocycles. The molecule has 0 spiro atoms. The van der Waals surface area contributed by atoms with Crippen molar-refractivity contribution in [1.29, 1.82) is 0 Å². The summed E-state index contributed by atoms with van der Waals surface area (Å²) >= 11 is 1.69. The maximum atomic E-state index is 13.4. The molecule has 0 aliphatic rings. The van der Waals surface area contributed by atoms with Crippen LogP contribution in [0.5, 0.6) is 0 Å². The highest BCUT2D eigenvalue weighted by Crippen LogP contribution is 2.21. The van der Waals surface area contributed by atoms with Crippen LogP contribution in [-0.2, 0) is 11.3 Å². The van der Waals surface area contributed by atoms with Crippen LogP contribution in [0.1, 0.15) is 24.1 Å². The van der Waals surface area contributed by atoms with Crippen molar-refractivity contribution in [3.05, 3.63) is 65.2 Å². The molecule has 2 aromatic carbocycles. The predicted molar refractivity (Wildman–Crippen MR) is 102 cm³/mol. The van der Waals surface area contributed by atoms with Crippen molar-refractivity contribution in [3.63, 3.8) is 0 Å². The molecule has 0 aliphatic heterocycles. The molecule has 0 heterocycles. The lowest BCUT2D eigenvalue weighted by atomic mass is 10.1. The first kappa shape index (κ1) is 20.4. The summed E-state index contributed by atoms with van der Waals surface area (Å²) in [6.45, 7) is 2.70. The van der Waals surface area contributed by atoms with Crippen LogP contribution >= 0.6 is 11.8 Å². The number of halogens is 2. The smallest absolute Gasteiger partial charge is 0.236 e. The van der Waals surface area contributed by atoms with Crippen LogP contribution in [-0.4, -0.2) is 42.6 Å². The third-order valence-corrected chi connectivity index (χ3v) is 5.16. The van der Waals surface area contributed by atoms with Gasteiger partial charge in [-0.15, -0.1) is 11.8 Å². The quantitative estimate of drug-likeness (QED) is 0.670. The summed E-state index contributed by atoms with van der Waals surface area (Å²) in [5.74, 6) is -1.87. The molecule has 1 atom stereocenters. The van der Waals surface area contributed by atoms with E-state index in [1.165, 1.54) is 11.0 Å². The zero-order valence-electron chi connectivity index (χ0n) is 15.5. The van der Waals surface area contributed by atoms with Crippen LogP contribution in [0.15, 0.2) is 47.4 Å². The number of carbonyl (C=O) groups excluding carboxylic acids is 1. The fourth-order valence-corrected chi connectivity index (χ4v) is 3.06. The summed E-state index contributed by atoms with van der Waals surface area (Å²) in [7, 11) is 3.56. The second kappa shape index (κ2) is 9.14. The van der Waals surface area contributed by atoms with Crippen LogP contribution in [0, 0.1) is 11.6 Å². The maximum Gasteiger partial charge on any atom is 0.236 e. The van der Waals surface area contributed by atoms with Gasteiger partial charge in [0.2, 0.25) is 5.91 Å². The van der Waals surface area contributed by atoms with E-state index in [2.05, 4.69) is 24.3 Å². The van der Waals surface area contributed by atoms with Gasteiger partial charge < -0.3 is 4.90 Å². The topological polar surface area (TPSA) is 23.6 Å². The van der Waals surface area contributed by atoms with E-state index in [9.17, 15) is 13.6 Å². The second-order valence-electron chi connectivity index (χ2n) is 6.37. The van der Waals surface area contributed by atoms with Gasteiger partial charge in [-0.05, 0) is 55.6 Å². The van der Waals surface area contributed by atoms with Crippen LogP contribution < -0.4 is 0 Å². The molecule has 6 heteroatoms. The van der Waals surface area contributed by atoms with Gasteiger partial charge in [0.15, 0.2) is 11.6 Å². The number of nitrogens with zero attached hydrogens (tertiary/aromatic N) is 2. The summed E-state index contributed by atoms with van der Waals surface area (Å²) in [6, 6.07) is 11.6. The Labute approximate surface area is 158 Å². The zero-order valence-corrected chi connectivity index (χ0v) is 16.3. The van der Waals surface area contributed by atoms with E-state index >= 15 is 0 Å². The van der Waals surface area contributed by atoms with Gasteiger partial charge in [0, 0.05) is 18.5 Å². The Kier molecular flexibility index (Phi) is 7.17. The molecule has 0 aromatic heterocycles. The van der Waals surface area contributed by atoms with Crippen molar-refractivity contribution in [1.82, 2.24) is 9.80 Å². The van der Waals surface area contributed by atoms with E-state index in [0.29, 0.717) is 12.1 Å². The van der Waals surface area contributed by atoms with Gasteiger partial charge in [0.25, 0.3) is 0 Å². The van der Waals surface area contributed by atoms with E-state index in [-0.39, 0.29) is 18.5 Å². The minimum absolute atomic E-state index is 0.0783. The molecule has 0 saturated carbocycles. The van der Waals surface area contributed by atoms with E-state index in [1.807, 2.05) is 18.2 Å². The Morgan fingerprint density at radius 1 is 1.08 bits per heavy atom. The van der Waals surface area contributed by atoms with Crippen molar-refractivity contribution in [3.8, 4) is 0 Å². The Balaban J connectivity index is 1.95. The van der Waals surface area contributed by atoms with Crippen LogP contribution in [0.25, 0.3) is 0 Å². The van der Waals surface area contributed by atoms with Crippen LogP contribution in [0.2, 0.25) is 0 Å². The Bertz CT molecular complexity index is 752. The fraction of sp³-hybridized carbons (Fsp3) is 0.350. The minimum Gasteiger partial charge on any atom is -0.338 e. The molecule has 140 valence electrons. The van der Waals surface area contributed by atoms with Crippen LogP contribution in [0.3, 0.4) is 0 Å². The highest BCUT2D eigenvalue weighted by molar-refractivity contribution is 7.98. The van der Waals surface area contributed by atoms with Gasteiger partial charge in [0.1, 0.15) is 0 Å². The van der Waals surface area contributed by atoms with Gasteiger partial charge >= 0.3 is 0 Å². The summed E-state index contributed by atoms with van der Waals surface area (Å²) < 4.78 is 26.5. The summed E-state index contributed by atoms with van der Waals surface area (Å²) in [4.78, 5) is 17.2. The Morgan fingerprint density at radius 3 is 2.31 bits per heavy atom. The van der Waals surface area contributed by atoms with Crippen molar-refractivity contribution in [2.45, 2.75) is 24.4 Å². The number of hydrogen-bond acceptors (Lipinski definition) is 3. The molecule has 0 radical (unpaired) electrons. The number of thioether (sulfide) groups is 1. The number of carbonyl (C=O) groups is 1. The largest absolute Gasteiger partial charge is 0.338 e. The maximum absolute atomic E-state index is 13.4. The number of hydrogen-bond donors (Lipinski definition) is 0. The molecule has 1 amide bonds. The molecule has 0 saturated heterocycles. The van der Waals surface area contributed by atoms with Gasteiger partial charge in [-0.2, -0.15) is 0 Å². The first-order valence-electron chi connectivity index (χ1n) is 8.34. The predicted octanol–water partition coefficient (Wildman–Crippen LogP) is 4.34. The SMILES string of the molecule is CSc1ccc(CN(C)CC(=O)N(C)C(C)c2ccc(F)c(F)c2)cc1. The van der Waals surface area contributed by atoms with Crippen LogP contribution in [0.4, 0.5) is 8.78 Å². The Hall–Kier alpha value is -1.92. The van der Waals surface area contributed by atoms with Gasteiger partial charge in [0.05, 0.1) is 12.6 Å². The third kappa shape index (κ3) is 5.29. The molecule has 3 nitrogen and oxygen atoms in total. The van der Waals surface area contributed by atoms with Gasteiger partial charge in [-0.1, -0.05) is 18.2 Å². The minimum atomic E-state index is -0.902. The molecule has 0 N–H and O–H groups in total.